The molecular weight excluding hydrogens is 164 g/mol. The molecule has 1 unspecified atom stereocenters. The first-order valence-corrected chi connectivity index (χ1v) is 5.01. The van der Waals surface area contributed by atoms with Gasteiger partial charge in [-0.3, -0.25) is 4.79 Å². The predicted molar refractivity (Wildman–Crippen MR) is 55.3 cm³/mol. The molecule has 0 rings (SSSR count). The van der Waals surface area contributed by atoms with Crippen molar-refractivity contribution in [1.29, 1.82) is 0 Å². The molecule has 0 amide bonds. The number of ketones is 1. The molecule has 4 N–H and O–H groups in total. The highest BCUT2D eigenvalue weighted by Gasteiger charge is 2.18. The molecule has 3 atom stereocenters. The lowest BCUT2D eigenvalue weighted by molar-refractivity contribution is -0.121. The average molecular weight is 186 g/mol. The second-order valence-electron chi connectivity index (χ2n) is 3.88. The van der Waals surface area contributed by atoms with E-state index in [0.717, 1.165) is 6.42 Å². The monoisotopic (exact) mass is 186 g/mol. The van der Waals surface area contributed by atoms with Crippen LogP contribution in [0.3, 0.4) is 0 Å². The molecule has 3 heteroatoms. The van der Waals surface area contributed by atoms with Crippen molar-refractivity contribution >= 4 is 5.78 Å². The molecule has 78 valence electrons. The van der Waals surface area contributed by atoms with Gasteiger partial charge < -0.3 is 11.5 Å². The van der Waals surface area contributed by atoms with Crippen LogP contribution in [0, 0.1) is 11.8 Å². The van der Waals surface area contributed by atoms with Gasteiger partial charge in [-0.2, -0.15) is 0 Å². The summed E-state index contributed by atoms with van der Waals surface area (Å²) in [6.07, 6.45) is 1.67. The van der Waals surface area contributed by atoms with E-state index < -0.39 is 6.04 Å². The van der Waals surface area contributed by atoms with Gasteiger partial charge in [0.25, 0.3) is 0 Å². The van der Waals surface area contributed by atoms with Gasteiger partial charge in [-0.1, -0.05) is 27.2 Å². The zero-order valence-electron chi connectivity index (χ0n) is 8.92. The van der Waals surface area contributed by atoms with Crippen molar-refractivity contribution in [3.05, 3.63) is 0 Å². The fourth-order valence-electron chi connectivity index (χ4n) is 1.20. The molecular formula is C10H22N2O. The quantitative estimate of drug-likeness (QED) is 0.648. The van der Waals surface area contributed by atoms with Crippen LogP contribution in [0.1, 0.15) is 33.6 Å². The van der Waals surface area contributed by atoms with Crippen molar-refractivity contribution in [1.82, 2.24) is 0 Å². The topological polar surface area (TPSA) is 69.1 Å². The van der Waals surface area contributed by atoms with Gasteiger partial charge in [0, 0.05) is 13.0 Å². The Bertz CT molecular complexity index is 159. The van der Waals surface area contributed by atoms with E-state index >= 15 is 0 Å². The molecule has 0 aliphatic carbocycles. The fourth-order valence-corrected chi connectivity index (χ4v) is 1.20. The summed E-state index contributed by atoms with van der Waals surface area (Å²) >= 11 is 0. The van der Waals surface area contributed by atoms with Gasteiger partial charge in [-0.25, -0.2) is 0 Å². The van der Waals surface area contributed by atoms with Gasteiger partial charge in [0.15, 0.2) is 5.78 Å². The van der Waals surface area contributed by atoms with Crippen LogP contribution >= 0.6 is 0 Å². The minimum Gasteiger partial charge on any atom is -0.328 e. The van der Waals surface area contributed by atoms with Crippen LogP contribution < -0.4 is 11.5 Å². The van der Waals surface area contributed by atoms with Crippen LogP contribution in [0.5, 0.6) is 0 Å². The number of hydrogen-bond acceptors (Lipinski definition) is 3. The second-order valence-corrected chi connectivity index (χ2v) is 3.88. The van der Waals surface area contributed by atoms with E-state index in [0.29, 0.717) is 18.3 Å². The Morgan fingerprint density at radius 3 is 2.23 bits per heavy atom. The van der Waals surface area contributed by atoms with Gasteiger partial charge in [-0.15, -0.1) is 0 Å². The summed E-state index contributed by atoms with van der Waals surface area (Å²) in [7, 11) is 0. The third-order valence-electron chi connectivity index (χ3n) is 2.81. The van der Waals surface area contributed by atoms with Crippen molar-refractivity contribution in [3.8, 4) is 0 Å². The van der Waals surface area contributed by atoms with Crippen LogP contribution in [0.2, 0.25) is 0 Å². The van der Waals surface area contributed by atoms with E-state index in [2.05, 4.69) is 20.8 Å². The third kappa shape index (κ3) is 4.39. The van der Waals surface area contributed by atoms with Crippen molar-refractivity contribution in [2.45, 2.75) is 39.7 Å². The highest BCUT2D eigenvalue weighted by Crippen LogP contribution is 2.18. The number of hydrogen-bond donors (Lipinski definition) is 2. The SMILES string of the molecule is CCC(C)[C@@H](C)CC(=O)[C@@H](N)CN. The van der Waals surface area contributed by atoms with Crippen LogP contribution in [0.25, 0.3) is 0 Å². The van der Waals surface area contributed by atoms with E-state index in [-0.39, 0.29) is 12.3 Å². The van der Waals surface area contributed by atoms with Crippen LogP contribution in [0.4, 0.5) is 0 Å². The Kier molecular flexibility index (Phi) is 5.91. The normalized spacial score (nSPS) is 17.9. The summed E-state index contributed by atoms with van der Waals surface area (Å²) in [5.41, 5.74) is 10.8. The molecule has 0 spiro atoms. The first-order chi connectivity index (χ1) is 6.02. The summed E-state index contributed by atoms with van der Waals surface area (Å²) in [6, 6.07) is -0.466. The first kappa shape index (κ1) is 12.6. The Morgan fingerprint density at radius 2 is 1.85 bits per heavy atom. The molecule has 0 saturated heterocycles. The van der Waals surface area contributed by atoms with Gasteiger partial charge in [0.2, 0.25) is 0 Å². The van der Waals surface area contributed by atoms with Gasteiger partial charge in [0.05, 0.1) is 6.04 Å². The molecule has 0 aliphatic heterocycles. The van der Waals surface area contributed by atoms with Gasteiger partial charge in [0.1, 0.15) is 0 Å². The Balaban J connectivity index is 3.91. The van der Waals surface area contributed by atoms with Crippen molar-refractivity contribution < 1.29 is 4.79 Å². The number of Topliss-reactive ketones (excluding diaryl/α,β-unsaturated/α-hetero) is 1. The van der Waals surface area contributed by atoms with E-state index in [9.17, 15) is 4.79 Å². The largest absolute Gasteiger partial charge is 0.328 e. The van der Waals surface area contributed by atoms with Crippen LogP contribution in [-0.2, 0) is 4.79 Å². The number of carbonyl (C=O) groups is 1. The predicted octanol–water partition coefficient (Wildman–Crippen LogP) is 0.914. The summed E-state index contributed by atoms with van der Waals surface area (Å²) in [5, 5.41) is 0. The van der Waals surface area contributed by atoms with Crippen LogP contribution in [-0.4, -0.2) is 18.4 Å². The van der Waals surface area contributed by atoms with Gasteiger partial charge >= 0.3 is 0 Å². The van der Waals surface area contributed by atoms with E-state index in [1.807, 2.05) is 0 Å². The van der Waals surface area contributed by atoms with E-state index in [1.165, 1.54) is 0 Å². The van der Waals surface area contributed by atoms with Crippen molar-refractivity contribution in [2.75, 3.05) is 6.54 Å². The smallest absolute Gasteiger partial charge is 0.151 e. The molecule has 0 fully saturated rings. The summed E-state index contributed by atoms with van der Waals surface area (Å²) < 4.78 is 0. The molecule has 0 saturated carbocycles. The molecule has 0 radical (unpaired) electrons. The molecule has 0 aliphatic rings. The minimum absolute atomic E-state index is 0.0929. The average Bonchev–Trinajstić information content (AvgIpc) is 2.14. The first-order valence-electron chi connectivity index (χ1n) is 5.01. The lowest BCUT2D eigenvalue weighted by Gasteiger charge is -2.18. The Morgan fingerprint density at radius 1 is 1.31 bits per heavy atom. The highest BCUT2D eigenvalue weighted by molar-refractivity contribution is 5.84. The zero-order chi connectivity index (χ0) is 10.4. The number of rotatable bonds is 6. The summed E-state index contributed by atoms with van der Waals surface area (Å²) in [4.78, 5) is 11.4. The maximum Gasteiger partial charge on any atom is 0.151 e. The minimum atomic E-state index is -0.466. The van der Waals surface area contributed by atoms with E-state index in [1.54, 1.807) is 0 Å². The summed E-state index contributed by atoms with van der Waals surface area (Å²) in [6.45, 7) is 6.64. The maximum atomic E-state index is 11.4. The van der Waals surface area contributed by atoms with Gasteiger partial charge in [-0.05, 0) is 11.8 Å². The molecule has 0 bridgehead atoms. The lowest BCUT2D eigenvalue weighted by Crippen LogP contribution is -2.38. The zero-order valence-corrected chi connectivity index (χ0v) is 8.92. The standard InChI is InChI=1S/C10H22N2O/c1-4-7(2)8(3)5-10(13)9(12)6-11/h7-9H,4-6,11-12H2,1-3H3/t7?,8-,9-/m0/s1. The Hall–Kier alpha value is -0.410. The van der Waals surface area contributed by atoms with Crippen LogP contribution in [0.15, 0.2) is 0 Å². The number of nitrogens with two attached hydrogens (primary N) is 2. The molecule has 0 heterocycles. The summed E-state index contributed by atoms with van der Waals surface area (Å²) in [5.74, 6) is 1.08. The molecule has 0 aromatic carbocycles. The fraction of sp³-hybridized carbons (Fsp3) is 0.900. The molecule has 13 heavy (non-hydrogen) atoms. The van der Waals surface area contributed by atoms with E-state index in [4.69, 9.17) is 11.5 Å². The maximum absolute atomic E-state index is 11.4. The second kappa shape index (κ2) is 6.11. The van der Waals surface area contributed by atoms with Crippen molar-refractivity contribution in [3.63, 3.8) is 0 Å². The molecule has 0 aromatic rings. The Labute approximate surface area is 80.9 Å². The third-order valence-corrected chi connectivity index (χ3v) is 2.81. The number of carbonyl (C=O) groups excluding carboxylic acids is 1. The molecule has 3 nitrogen and oxygen atoms in total. The van der Waals surface area contributed by atoms with Crippen molar-refractivity contribution in [2.24, 2.45) is 23.3 Å². The lowest BCUT2D eigenvalue weighted by atomic mass is 9.88. The molecule has 0 aromatic heterocycles. The highest BCUT2D eigenvalue weighted by atomic mass is 16.1.